The second kappa shape index (κ2) is 4.96. The van der Waals surface area contributed by atoms with Crippen LogP contribution in [0.2, 0.25) is 0 Å². The average molecular weight is 252 g/mol. The number of aromatic nitrogens is 3. The van der Waals surface area contributed by atoms with Gasteiger partial charge in [0, 0.05) is 20.1 Å². The largest absolute Gasteiger partial charge is 0.361 e. The average Bonchev–Trinajstić information content (AvgIpc) is 2.36. The van der Waals surface area contributed by atoms with E-state index in [9.17, 15) is 9.59 Å². The van der Waals surface area contributed by atoms with Gasteiger partial charge in [0.15, 0.2) is 0 Å². The van der Waals surface area contributed by atoms with Crippen molar-refractivity contribution in [2.45, 2.75) is 38.6 Å². The van der Waals surface area contributed by atoms with Crippen LogP contribution in [0.15, 0.2) is 9.59 Å². The van der Waals surface area contributed by atoms with Crippen molar-refractivity contribution in [3.63, 3.8) is 0 Å². The molecule has 0 radical (unpaired) electrons. The molecule has 1 N–H and O–H groups in total. The molecule has 18 heavy (non-hydrogen) atoms. The highest BCUT2D eigenvalue weighted by Gasteiger charge is 2.23. The number of anilines is 1. The molecule has 2 unspecified atom stereocenters. The minimum Gasteiger partial charge on any atom is -0.361 e. The van der Waals surface area contributed by atoms with E-state index in [1.54, 1.807) is 7.05 Å². The fourth-order valence-electron chi connectivity index (χ4n) is 2.50. The summed E-state index contributed by atoms with van der Waals surface area (Å²) in [5, 5.41) is 7.22. The van der Waals surface area contributed by atoms with Crippen molar-refractivity contribution in [2.75, 3.05) is 5.32 Å². The van der Waals surface area contributed by atoms with Gasteiger partial charge in [0.05, 0.1) is 0 Å². The first-order chi connectivity index (χ1) is 8.50. The highest BCUT2D eigenvalue weighted by molar-refractivity contribution is 5.31. The van der Waals surface area contributed by atoms with E-state index in [2.05, 4.69) is 17.3 Å². The van der Waals surface area contributed by atoms with Gasteiger partial charge in [-0.05, 0) is 18.8 Å². The van der Waals surface area contributed by atoms with Gasteiger partial charge in [-0.2, -0.15) is 0 Å². The van der Waals surface area contributed by atoms with E-state index in [4.69, 9.17) is 0 Å². The smallest absolute Gasteiger partial charge is 0.346 e. The quantitative estimate of drug-likeness (QED) is 0.830. The molecule has 1 aromatic rings. The first-order valence-corrected chi connectivity index (χ1v) is 6.41. The maximum Gasteiger partial charge on any atom is 0.346 e. The molecule has 1 saturated carbocycles. The van der Waals surface area contributed by atoms with Crippen molar-refractivity contribution in [3.8, 4) is 0 Å². The van der Waals surface area contributed by atoms with E-state index in [0.29, 0.717) is 5.92 Å². The van der Waals surface area contributed by atoms with Gasteiger partial charge in [-0.25, -0.2) is 9.48 Å². The molecule has 2 rings (SSSR count). The Bertz CT molecular complexity index is 546. The van der Waals surface area contributed by atoms with E-state index in [1.165, 1.54) is 31.0 Å². The van der Waals surface area contributed by atoms with Crippen molar-refractivity contribution >= 4 is 5.82 Å². The molecule has 0 saturated heterocycles. The summed E-state index contributed by atoms with van der Waals surface area (Å²) in [6.45, 7) is 2.18. The van der Waals surface area contributed by atoms with E-state index >= 15 is 0 Å². The van der Waals surface area contributed by atoms with E-state index in [1.807, 2.05) is 0 Å². The van der Waals surface area contributed by atoms with Gasteiger partial charge in [-0.15, -0.1) is 5.10 Å². The fraction of sp³-hybridized carbons (Fsp3) is 0.750. The van der Waals surface area contributed by atoms with E-state index in [0.717, 1.165) is 11.0 Å². The van der Waals surface area contributed by atoms with Crippen LogP contribution in [0.25, 0.3) is 0 Å². The highest BCUT2D eigenvalue weighted by atomic mass is 16.2. The molecule has 1 heterocycles. The molecular formula is C12H20N4O2. The van der Waals surface area contributed by atoms with Crippen LogP contribution < -0.4 is 16.6 Å². The number of aryl methyl sites for hydroxylation is 1. The molecule has 0 aromatic carbocycles. The summed E-state index contributed by atoms with van der Waals surface area (Å²) in [7, 11) is 3.03. The lowest BCUT2D eigenvalue weighted by Gasteiger charge is -2.29. The summed E-state index contributed by atoms with van der Waals surface area (Å²) in [5.74, 6) is 0.806. The standard InChI is InChI=1S/C12H20N4O2/c1-8-6-4-5-7-9(8)13-10-11(17)15(2)12(18)16(3)14-10/h8-9H,4-7H2,1-3H3,(H,13,14). The Hall–Kier alpha value is -1.59. The summed E-state index contributed by atoms with van der Waals surface area (Å²) in [6, 6.07) is 0.274. The maximum absolute atomic E-state index is 11.9. The van der Waals surface area contributed by atoms with Crippen LogP contribution >= 0.6 is 0 Å². The summed E-state index contributed by atoms with van der Waals surface area (Å²) in [6.07, 6.45) is 4.64. The monoisotopic (exact) mass is 252 g/mol. The second-order valence-electron chi connectivity index (χ2n) is 5.13. The number of rotatable bonds is 2. The third-order valence-corrected chi connectivity index (χ3v) is 3.75. The molecule has 1 fully saturated rings. The normalized spacial score (nSPS) is 23.9. The van der Waals surface area contributed by atoms with Crippen molar-refractivity contribution < 1.29 is 0 Å². The third-order valence-electron chi connectivity index (χ3n) is 3.75. The Labute approximate surface area is 106 Å². The van der Waals surface area contributed by atoms with Gasteiger partial charge in [0.25, 0.3) is 5.56 Å². The van der Waals surface area contributed by atoms with Gasteiger partial charge in [-0.3, -0.25) is 9.36 Å². The van der Waals surface area contributed by atoms with Crippen LogP contribution in [-0.4, -0.2) is 20.4 Å². The molecule has 6 nitrogen and oxygen atoms in total. The third kappa shape index (κ3) is 2.32. The Balaban J connectivity index is 2.29. The van der Waals surface area contributed by atoms with Crippen molar-refractivity contribution in [2.24, 2.45) is 20.0 Å². The Morgan fingerprint density at radius 1 is 1.22 bits per heavy atom. The first kappa shape index (κ1) is 12.9. The highest BCUT2D eigenvalue weighted by Crippen LogP contribution is 2.25. The summed E-state index contributed by atoms with van der Waals surface area (Å²) < 4.78 is 2.28. The molecule has 1 aliphatic rings. The van der Waals surface area contributed by atoms with Crippen LogP contribution in [0, 0.1) is 5.92 Å². The number of nitrogens with one attached hydrogen (secondary N) is 1. The van der Waals surface area contributed by atoms with Gasteiger partial charge >= 0.3 is 5.69 Å². The predicted octanol–water partition coefficient (Wildman–Crippen LogP) is 0.470. The molecule has 1 aliphatic carbocycles. The molecule has 0 aliphatic heterocycles. The van der Waals surface area contributed by atoms with Crippen LogP contribution in [0.5, 0.6) is 0 Å². The first-order valence-electron chi connectivity index (χ1n) is 6.41. The molecule has 0 bridgehead atoms. The van der Waals surface area contributed by atoms with E-state index < -0.39 is 5.69 Å². The zero-order valence-corrected chi connectivity index (χ0v) is 11.1. The Kier molecular flexibility index (Phi) is 3.54. The molecule has 100 valence electrons. The number of nitrogens with zero attached hydrogens (tertiary/aromatic N) is 3. The number of hydrogen-bond acceptors (Lipinski definition) is 4. The molecule has 0 amide bonds. The maximum atomic E-state index is 11.9. The zero-order valence-electron chi connectivity index (χ0n) is 11.1. The summed E-state index contributed by atoms with van der Waals surface area (Å²) >= 11 is 0. The topological polar surface area (TPSA) is 68.9 Å². The van der Waals surface area contributed by atoms with Crippen molar-refractivity contribution in [1.29, 1.82) is 0 Å². The van der Waals surface area contributed by atoms with Crippen LogP contribution in [-0.2, 0) is 14.1 Å². The Morgan fingerprint density at radius 2 is 1.89 bits per heavy atom. The lowest BCUT2D eigenvalue weighted by Crippen LogP contribution is -2.42. The summed E-state index contributed by atoms with van der Waals surface area (Å²) in [5.41, 5.74) is -0.752. The van der Waals surface area contributed by atoms with E-state index in [-0.39, 0.29) is 17.4 Å². The second-order valence-corrected chi connectivity index (χ2v) is 5.13. The summed E-state index contributed by atoms with van der Waals surface area (Å²) in [4.78, 5) is 23.5. The van der Waals surface area contributed by atoms with Crippen LogP contribution in [0.3, 0.4) is 0 Å². The lowest BCUT2D eigenvalue weighted by molar-refractivity contribution is 0.347. The van der Waals surface area contributed by atoms with Crippen molar-refractivity contribution in [3.05, 3.63) is 20.8 Å². The SMILES string of the molecule is CC1CCCCC1Nc1nn(C)c(=O)n(C)c1=O. The Morgan fingerprint density at radius 3 is 2.56 bits per heavy atom. The van der Waals surface area contributed by atoms with Gasteiger partial charge in [-0.1, -0.05) is 19.8 Å². The van der Waals surface area contributed by atoms with Gasteiger partial charge in [0.2, 0.25) is 5.82 Å². The minimum absolute atomic E-state index is 0.274. The molecule has 1 aromatic heterocycles. The van der Waals surface area contributed by atoms with Crippen LogP contribution in [0.4, 0.5) is 5.82 Å². The molecule has 2 atom stereocenters. The zero-order chi connectivity index (χ0) is 13.3. The van der Waals surface area contributed by atoms with Gasteiger partial charge in [0.1, 0.15) is 0 Å². The fourth-order valence-corrected chi connectivity index (χ4v) is 2.50. The lowest BCUT2D eigenvalue weighted by atomic mass is 9.86. The van der Waals surface area contributed by atoms with Gasteiger partial charge < -0.3 is 5.32 Å². The molecule has 6 heteroatoms. The van der Waals surface area contributed by atoms with Crippen molar-refractivity contribution in [1.82, 2.24) is 14.3 Å². The molecule has 0 spiro atoms. The number of hydrogen-bond donors (Lipinski definition) is 1. The minimum atomic E-state index is -0.401. The molecular weight excluding hydrogens is 232 g/mol. The van der Waals surface area contributed by atoms with Crippen LogP contribution in [0.1, 0.15) is 32.6 Å². The predicted molar refractivity (Wildman–Crippen MR) is 69.8 cm³/mol.